The molecule has 0 spiro atoms. The molecule has 0 bridgehead atoms. The monoisotopic (exact) mass is 438 g/mol. The van der Waals surface area contributed by atoms with E-state index < -0.39 is 23.7 Å². The van der Waals surface area contributed by atoms with Gasteiger partial charge in [0.15, 0.2) is 11.4 Å². The Kier molecular flexibility index (Phi) is 6.21. The molecule has 3 rings (SSSR count). The maximum Gasteiger partial charge on any atom is 0.437 e. The molecule has 0 aliphatic rings. The van der Waals surface area contributed by atoms with E-state index in [9.17, 15) is 18.0 Å². The Labute approximate surface area is 175 Å². The molecule has 30 heavy (non-hydrogen) atoms. The van der Waals surface area contributed by atoms with Gasteiger partial charge in [0.25, 0.3) is 0 Å². The Balaban J connectivity index is 1.74. The van der Waals surface area contributed by atoms with Gasteiger partial charge in [-0.1, -0.05) is 23.7 Å². The van der Waals surface area contributed by atoms with Crippen LogP contribution >= 0.6 is 11.6 Å². The summed E-state index contributed by atoms with van der Waals surface area (Å²) in [7, 11) is 3.79. The van der Waals surface area contributed by atoms with Crippen LogP contribution in [0.15, 0.2) is 54.7 Å². The smallest absolute Gasteiger partial charge is 0.406 e. The summed E-state index contributed by atoms with van der Waals surface area (Å²) in [5.41, 5.74) is 0.675. The third kappa shape index (κ3) is 5.04. The van der Waals surface area contributed by atoms with Crippen molar-refractivity contribution in [2.75, 3.05) is 19.0 Å². The number of nitrogens with zero attached hydrogens (tertiary/aromatic N) is 3. The van der Waals surface area contributed by atoms with Crippen LogP contribution in [0.1, 0.15) is 11.3 Å². The van der Waals surface area contributed by atoms with E-state index in [1.807, 2.05) is 31.1 Å². The second kappa shape index (κ2) is 8.66. The van der Waals surface area contributed by atoms with Crippen LogP contribution in [0.2, 0.25) is 5.02 Å². The predicted octanol–water partition coefficient (Wildman–Crippen LogP) is 4.90. The lowest BCUT2D eigenvalue weighted by Gasteiger charge is -2.14. The zero-order valence-electron chi connectivity index (χ0n) is 16.1. The van der Waals surface area contributed by atoms with Crippen LogP contribution in [0.4, 0.5) is 23.7 Å². The Hall–Kier alpha value is -3.20. The number of anilines is 1. The quantitative estimate of drug-likeness (QED) is 0.615. The van der Waals surface area contributed by atoms with Gasteiger partial charge in [-0.3, -0.25) is 0 Å². The van der Waals surface area contributed by atoms with Crippen molar-refractivity contribution in [1.82, 2.24) is 15.1 Å². The molecular weight excluding hydrogens is 421 g/mol. The van der Waals surface area contributed by atoms with Gasteiger partial charge in [-0.2, -0.15) is 18.3 Å². The van der Waals surface area contributed by atoms with E-state index in [1.54, 1.807) is 12.1 Å². The molecule has 0 aliphatic carbocycles. The summed E-state index contributed by atoms with van der Waals surface area (Å²) < 4.78 is 46.4. The highest BCUT2D eigenvalue weighted by molar-refractivity contribution is 6.30. The summed E-state index contributed by atoms with van der Waals surface area (Å²) in [4.78, 5) is 14.0. The standard InChI is InChI=1S/C20H18ClF3N4O2/c1-27(2)15-7-3-13(4-8-15)11-25-19(29)30-17-12-26-28(18(17)20(22,23)24)16-9-5-14(21)6-10-16/h3-10,12H,11H2,1-2H3,(H,25,29). The number of aromatic nitrogens is 2. The molecule has 1 N–H and O–H groups in total. The lowest BCUT2D eigenvalue weighted by atomic mass is 10.2. The topological polar surface area (TPSA) is 59.4 Å². The molecule has 0 fully saturated rings. The highest BCUT2D eigenvalue weighted by Crippen LogP contribution is 2.37. The molecule has 0 saturated carbocycles. The highest BCUT2D eigenvalue weighted by atomic mass is 35.5. The summed E-state index contributed by atoms with van der Waals surface area (Å²) >= 11 is 5.78. The van der Waals surface area contributed by atoms with Crippen molar-refractivity contribution in [1.29, 1.82) is 0 Å². The van der Waals surface area contributed by atoms with Gasteiger partial charge < -0.3 is 15.0 Å². The molecule has 158 valence electrons. The summed E-state index contributed by atoms with van der Waals surface area (Å²) in [6.45, 7) is 0.0964. The van der Waals surface area contributed by atoms with Crippen LogP contribution in [-0.4, -0.2) is 30.0 Å². The molecule has 0 radical (unpaired) electrons. The fraction of sp³-hybridized carbons (Fsp3) is 0.200. The van der Waals surface area contributed by atoms with Crippen molar-refractivity contribution in [3.63, 3.8) is 0 Å². The minimum atomic E-state index is -4.80. The van der Waals surface area contributed by atoms with Crippen LogP contribution in [0.25, 0.3) is 5.69 Å². The van der Waals surface area contributed by atoms with Crippen molar-refractivity contribution in [2.24, 2.45) is 0 Å². The number of hydrogen-bond acceptors (Lipinski definition) is 4. The van der Waals surface area contributed by atoms with Crippen LogP contribution < -0.4 is 15.0 Å². The van der Waals surface area contributed by atoms with Crippen LogP contribution in [0.5, 0.6) is 5.75 Å². The summed E-state index contributed by atoms with van der Waals surface area (Å²) in [5.74, 6) is -0.696. The first kappa shape index (κ1) is 21.5. The predicted molar refractivity (Wildman–Crippen MR) is 107 cm³/mol. The molecule has 1 aromatic heterocycles. The number of alkyl halides is 3. The van der Waals surface area contributed by atoms with Gasteiger partial charge in [0.05, 0.1) is 11.9 Å². The van der Waals surface area contributed by atoms with Gasteiger partial charge in [0, 0.05) is 31.4 Å². The maximum absolute atomic E-state index is 13.6. The molecular formula is C20H18ClF3N4O2. The minimum Gasteiger partial charge on any atom is -0.406 e. The molecule has 2 aromatic carbocycles. The summed E-state index contributed by atoms with van der Waals surface area (Å²) in [6, 6.07) is 13.0. The zero-order valence-corrected chi connectivity index (χ0v) is 16.8. The number of carbonyl (C=O) groups excluding carboxylic acids is 1. The van der Waals surface area contributed by atoms with Gasteiger partial charge in [0.2, 0.25) is 0 Å². The van der Waals surface area contributed by atoms with E-state index in [-0.39, 0.29) is 12.2 Å². The zero-order chi connectivity index (χ0) is 21.9. The van der Waals surface area contributed by atoms with Gasteiger partial charge in [0.1, 0.15) is 0 Å². The molecule has 1 amide bonds. The second-order valence-corrected chi connectivity index (χ2v) is 6.98. The molecule has 0 aliphatic heterocycles. The van der Waals surface area contributed by atoms with Crippen molar-refractivity contribution in [3.05, 3.63) is 71.0 Å². The number of halogens is 4. The number of hydrogen-bond donors (Lipinski definition) is 1. The lowest BCUT2D eigenvalue weighted by Crippen LogP contribution is -2.27. The second-order valence-electron chi connectivity index (χ2n) is 6.55. The fourth-order valence-corrected chi connectivity index (χ4v) is 2.79. The third-order valence-corrected chi connectivity index (χ3v) is 4.42. The van der Waals surface area contributed by atoms with Gasteiger partial charge >= 0.3 is 12.3 Å². The Morgan fingerprint density at radius 2 is 1.77 bits per heavy atom. The number of amides is 1. The third-order valence-electron chi connectivity index (χ3n) is 4.17. The fourth-order valence-electron chi connectivity index (χ4n) is 2.67. The summed E-state index contributed by atoms with van der Waals surface area (Å²) in [6.07, 6.45) is -4.97. The first-order chi connectivity index (χ1) is 14.1. The summed E-state index contributed by atoms with van der Waals surface area (Å²) in [5, 5.41) is 6.53. The molecule has 0 atom stereocenters. The minimum absolute atomic E-state index is 0.0964. The average Bonchev–Trinajstić information content (AvgIpc) is 3.11. The van der Waals surface area contributed by atoms with Gasteiger partial charge in [-0.15, -0.1) is 0 Å². The highest BCUT2D eigenvalue weighted by Gasteiger charge is 2.40. The van der Waals surface area contributed by atoms with E-state index in [2.05, 4.69) is 10.4 Å². The van der Waals surface area contributed by atoms with Gasteiger partial charge in [-0.05, 0) is 42.0 Å². The molecule has 0 unspecified atom stereocenters. The van der Waals surface area contributed by atoms with E-state index >= 15 is 0 Å². The SMILES string of the molecule is CN(C)c1ccc(CNC(=O)Oc2cnn(-c3ccc(Cl)cc3)c2C(F)(F)F)cc1. The number of rotatable bonds is 5. The normalized spacial score (nSPS) is 11.3. The van der Waals surface area contributed by atoms with E-state index in [0.29, 0.717) is 9.70 Å². The van der Waals surface area contributed by atoms with Crippen molar-refractivity contribution >= 4 is 23.4 Å². The van der Waals surface area contributed by atoms with E-state index in [0.717, 1.165) is 17.4 Å². The number of ether oxygens (including phenoxy) is 1. The van der Waals surface area contributed by atoms with Crippen LogP contribution in [0, 0.1) is 0 Å². The van der Waals surface area contributed by atoms with E-state index in [4.69, 9.17) is 16.3 Å². The molecule has 10 heteroatoms. The Morgan fingerprint density at radius 3 is 2.33 bits per heavy atom. The largest absolute Gasteiger partial charge is 0.437 e. The van der Waals surface area contributed by atoms with Crippen molar-refractivity contribution in [2.45, 2.75) is 12.7 Å². The van der Waals surface area contributed by atoms with Crippen LogP contribution in [-0.2, 0) is 12.7 Å². The number of benzene rings is 2. The lowest BCUT2D eigenvalue weighted by molar-refractivity contribution is -0.143. The Bertz CT molecular complexity index is 1020. The molecule has 3 aromatic rings. The molecule has 6 nitrogen and oxygen atoms in total. The first-order valence-corrected chi connectivity index (χ1v) is 9.16. The maximum atomic E-state index is 13.6. The van der Waals surface area contributed by atoms with Gasteiger partial charge in [-0.25, -0.2) is 9.48 Å². The molecule has 0 saturated heterocycles. The first-order valence-electron chi connectivity index (χ1n) is 8.78. The van der Waals surface area contributed by atoms with Crippen LogP contribution in [0.3, 0.4) is 0 Å². The average molecular weight is 439 g/mol. The van der Waals surface area contributed by atoms with Crippen molar-refractivity contribution < 1.29 is 22.7 Å². The Morgan fingerprint density at radius 1 is 1.13 bits per heavy atom. The van der Waals surface area contributed by atoms with E-state index in [1.165, 1.54) is 24.3 Å². The molecule has 1 heterocycles. The van der Waals surface area contributed by atoms with Crippen molar-refractivity contribution in [3.8, 4) is 11.4 Å². The number of carbonyl (C=O) groups is 1. The number of nitrogens with one attached hydrogen (secondary N) is 1.